The summed E-state index contributed by atoms with van der Waals surface area (Å²) in [7, 11) is 0. The van der Waals surface area contributed by atoms with Crippen molar-refractivity contribution in [2.45, 2.75) is 33.6 Å². The number of benzene rings is 1. The molecule has 1 aromatic rings. The number of rotatable bonds is 1. The summed E-state index contributed by atoms with van der Waals surface area (Å²) < 4.78 is 0. The molecular formula is C11H15ClMg. The summed E-state index contributed by atoms with van der Waals surface area (Å²) in [5.41, 5.74) is 3.90. The smallest absolute Gasteiger partial charge is 1.00 e. The molecule has 68 valence electrons. The van der Waals surface area contributed by atoms with Crippen molar-refractivity contribution in [3.63, 3.8) is 0 Å². The Morgan fingerprint density at radius 1 is 1.08 bits per heavy atom. The number of aryl methyl sites for hydroxylation is 2. The third kappa shape index (κ3) is 4.89. The zero-order chi connectivity index (χ0) is 8.43. The van der Waals surface area contributed by atoms with Crippen LogP contribution in [0.2, 0.25) is 0 Å². The molecule has 2 heteroatoms. The van der Waals surface area contributed by atoms with Crippen LogP contribution in [0, 0.1) is 19.9 Å². The average Bonchev–Trinajstić information content (AvgIpc) is 1.85. The van der Waals surface area contributed by atoms with Gasteiger partial charge in [0, 0.05) is 0 Å². The van der Waals surface area contributed by atoms with Gasteiger partial charge in [0.15, 0.2) is 0 Å². The van der Waals surface area contributed by atoms with E-state index < -0.39 is 0 Å². The zero-order valence-corrected chi connectivity index (χ0v) is 11.0. The summed E-state index contributed by atoms with van der Waals surface area (Å²) in [6, 6.07) is 7.68. The first-order valence-electron chi connectivity index (χ1n) is 4.10. The molecular weight excluding hydrogens is 192 g/mol. The summed E-state index contributed by atoms with van der Waals surface area (Å²) in [6.45, 7) is 8.63. The topological polar surface area (TPSA) is 0 Å². The van der Waals surface area contributed by atoms with Gasteiger partial charge >= 0.3 is 23.1 Å². The van der Waals surface area contributed by atoms with Crippen molar-refractivity contribution >= 4 is 23.1 Å². The minimum Gasteiger partial charge on any atom is -1.00 e. The number of hydrogen-bond donors (Lipinski definition) is 0. The first kappa shape index (κ1) is 15.7. The van der Waals surface area contributed by atoms with E-state index in [1.54, 1.807) is 0 Å². The molecule has 0 nitrogen and oxygen atoms in total. The van der Waals surface area contributed by atoms with Crippen LogP contribution >= 0.6 is 0 Å². The van der Waals surface area contributed by atoms with Crippen LogP contribution in [0.15, 0.2) is 12.1 Å². The van der Waals surface area contributed by atoms with Crippen LogP contribution in [0.3, 0.4) is 0 Å². The van der Waals surface area contributed by atoms with E-state index in [-0.39, 0.29) is 35.5 Å². The molecule has 0 radical (unpaired) electrons. The van der Waals surface area contributed by atoms with Gasteiger partial charge in [-0.2, -0.15) is 34.9 Å². The Kier molecular flexibility index (Phi) is 8.10. The molecule has 0 fully saturated rings. The summed E-state index contributed by atoms with van der Waals surface area (Å²) in [4.78, 5) is 0. The normalized spacial score (nSPS) is 9.00. The van der Waals surface area contributed by atoms with E-state index in [0.29, 0.717) is 5.92 Å². The quantitative estimate of drug-likeness (QED) is 0.443. The van der Waals surface area contributed by atoms with E-state index in [0.717, 1.165) is 0 Å². The molecule has 0 unspecified atom stereocenters. The van der Waals surface area contributed by atoms with Gasteiger partial charge in [-0.1, -0.05) is 27.7 Å². The summed E-state index contributed by atoms with van der Waals surface area (Å²) >= 11 is 0. The molecule has 0 bridgehead atoms. The van der Waals surface area contributed by atoms with Crippen molar-refractivity contribution in [1.82, 2.24) is 0 Å². The zero-order valence-electron chi connectivity index (χ0n) is 8.82. The molecule has 0 saturated heterocycles. The third-order valence-electron chi connectivity index (χ3n) is 1.83. The van der Waals surface area contributed by atoms with E-state index in [1.807, 2.05) is 0 Å². The van der Waals surface area contributed by atoms with Crippen molar-refractivity contribution in [1.29, 1.82) is 0 Å². The second kappa shape index (κ2) is 6.69. The maximum absolute atomic E-state index is 3.27. The Bertz CT molecular complexity index is 236. The van der Waals surface area contributed by atoms with Gasteiger partial charge in [-0.25, -0.2) is 0 Å². The van der Waals surface area contributed by atoms with Gasteiger partial charge in [-0.3, -0.25) is 0 Å². The van der Waals surface area contributed by atoms with Gasteiger partial charge in [0.25, 0.3) is 0 Å². The van der Waals surface area contributed by atoms with Crippen LogP contribution in [-0.2, 0) is 0 Å². The van der Waals surface area contributed by atoms with E-state index in [1.165, 1.54) is 16.7 Å². The monoisotopic (exact) mass is 206 g/mol. The minimum absolute atomic E-state index is 0. The summed E-state index contributed by atoms with van der Waals surface area (Å²) in [6.07, 6.45) is 0. The van der Waals surface area contributed by atoms with Crippen molar-refractivity contribution < 1.29 is 12.4 Å². The summed E-state index contributed by atoms with van der Waals surface area (Å²) in [5, 5.41) is 0. The van der Waals surface area contributed by atoms with Gasteiger partial charge in [0.05, 0.1) is 0 Å². The molecule has 0 aliphatic rings. The molecule has 0 amide bonds. The van der Waals surface area contributed by atoms with Crippen molar-refractivity contribution in [3.8, 4) is 0 Å². The SMILES string of the molecule is Cc1[c-]c(C)cc(C(C)C)c1.[Cl-].[Mg+2]. The molecule has 0 atom stereocenters. The standard InChI is InChI=1S/C11H15.ClH.Mg/c1-8(2)11-6-9(3)5-10(4)7-11;;/h6-8H,1-4H3;1H;/q-1;;+2/p-1. The first-order chi connectivity index (χ1) is 5.09. The molecule has 13 heavy (non-hydrogen) atoms. The van der Waals surface area contributed by atoms with Gasteiger partial charge < -0.3 is 12.4 Å². The Labute approximate surface area is 104 Å². The molecule has 0 spiro atoms. The number of hydrogen-bond acceptors (Lipinski definition) is 0. The predicted molar refractivity (Wildman–Crippen MR) is 54.6 cm³/mol. The van der Waals surface area contributed by atoms with Gasteiger partial charge in [-0.15, -0.1) is 0 Å². The molecule has 0 aliphatic carbocycles. The van der Waals surface area contributed by atoms with E-state index in [9.17, 15) is 0 Å². The molecule has 0 saturated carbocycles. The van der Waals surface area contributed by atoms with Gasteiger partial charge in [-0.05, 0) is 5.92 Å². The van der Waals surface area contributed by atoms with Crippen LogP contribution in [0.1, 0.15) is 36.5 Å². The van der Waals surface area contributed by atoms with Crippen LogP contribution in [0.5, 0.6) is 0 Å². The van der Waals surface area contributed by atoms with Crippen LogP contribution in [0.4, 0.5) is 0 Å². The van der Waals surface area contributed by atoms with Crippen molar-refractivity contribution in [2.75, 3.05) is 0 Å². The Balaban J connectivity index is 0. The fourth-order valence-electron chi connectivity index (χ4n) is 1.26. The second-order valence-corrected chi connectivity index (χ2v) is 3.43. The molecule has 1 rings (SSSR count). The molecule has 1 aromatic carbocycles. The van der Waals surface area contributed by atoms with E-state index >= 15 is 0 Å². The van der Waals surface area contributed by atoms with Gasteiger partial charge in [0.2, 0.25) is 0 Å². The molecule has 0 N–H and O–H groups in total. The Morgan fingerprint density at radius 3 is 1.77 bits per heavy atom. The van der Waals surface area contributed by atoms with Crippen molar-refractivity contribution in [2.24, 2.45) is 0 Å². The van der Waals surface area contributed by atoms with E-state index in [2.05, 4.69) is 45.9 Å². The summed E-state index contributed by atoms with van der Waals surface area (Å²) in [5.74, 6) is 0.627. The van der Waals surface area contributed by atoms with E-state index in [4.69, 9.17) is 0 Å². The first-order valence-corrected chi connectivity index (χ1v) is 4.10. The number of halogens is 1. The second-order valence-electron chi connectivity index (χ2n) is 3.43. The van der Waals surface area contributed by atoms with Crippen LogP contribution in [0.25, 0.3) is 0 Å². The van der Waals surface area contributed by atoms with Gasteiger partial charge in [0.1, 0.15) is 0 Å². The van der Waals surface area contributed by atoms with Crippen LogP contribution in [-0.4, -0.2) is 23.1 Å². The van der Waals surface area contributed by atoms with Crippen molar-refractivity contribution in [3.05, 3.63) is 34.9 Å². The predicted octanol–water partition coefficient (Wildman–Crippen LogP) is -0.150. The Morgan fingerprint density at radius 2 is 1.46 bits per heavy atom. The maximum Gasteiger partial charge on any atom is 2.00 e. The largest absolute Gasteiger partial charge is 2.00 e. The Hall–Kier alpha value is 0.276. The average molecular weight is 207 g/mol. The minimum atomic E-state index is 0. The third-order valence-corrected chi connectivity index (χ3v) is 1.83. The fourth-order valence-corrected chi connectivity index (χ4v) is 1.26. The maximum atomic E-state index is 3.27. The molecule has 0 aliphatic heterocycles. The van der Waals surface area contributed by atoms with Crippen LogP contribution < -0.4 is 12.4 Å². The molecule has 0 aromatic heterocycles. The fraction of sp³-hybridized carbons (Fsp3) is 0.455. The molecule has 0 heterocycles.